The Bertz CT molecular complexity index is 313. The summed E-state index contributed by atoms with van der Waals surface area (Å²) in [6, 6.07) is 7.80. The van der Waals surface area contributed by atoms with Crippen molar-refractivity contribution in [2.75, 3.05) is 31.1 Å². The minimum absolute atomic E-state index is 0.742. The van der Waals surface area contributed by atoms with E-state index in [-0.39, 0.29) is 0 Å². The number of carbonyl (C=O) groups is 1. The third-order valence-corrected chi connectivity index (χ3v) is 2.73. The average molecular weight is 204 g/mol. The minimum atomic E-state index is 0.742. The van der Waals surface area contributed by atoms with Gasteiger partial charge in [-0.1, -0.05) is 0 Å². The van der Waals surface area contributed by atoms with E-state index in [1.54, 1.807) is 0 Å². The predicted octanol–water partition coefficient (Wildman–Crippen LogP) is 1.30. The van der Waals surface area contributed by atoms with Gasteiger partial charge in [-0.15, -0.1) is 0 Å². The molecule has 0 bridgehead atoms. The van der Waals surface area contributed by atoms with E-state index < -0.39 is 0 Å². The summed E-state index contributed by atoms with van der Waals surface area (Å²) in [4.78, 5) is 12.9. The van der Waals surface area contributed by atoms with Crippen molar-refractivity contribution in [1.82, 2.24) is 5.32 Å². The highest BCUT2D eigenvalue weighted by Crippen LogP contribution is 2.15. The molecule has 3 heteroatoms. The number of rotatable bonds is 2. The molecule has 1 fully saturated rings. The number of benzene rings is 1. The lowest BCUT2D eigenvalue weighted by molar-refractivity contribution is 0.112. The zero-order valence-electron chi connectivity index (χ0n) is 8.78. The Morgan fingerprint density at radius 2 is 1.93 bits per heavy atom. The van der Waals surface area contributed by atoms with Gasteiger partial charge in [0.2, 0.25) is 0 Å². The van der Waals surface area contributed by atoms with Crippen molar-refractivity contribution in [3.63, 3.8) is 0 Å². The summed E-state index contributed by atoms with van der Waals surface area (Å²) >= 11 is 0. The Balaban J connectivity index is 2.09. The molecule has 80 valence electrons. The summed E-state index contributed by atoms with van der Waals surface area (Å²) in [5, 5.41) is 3.37. The molecule has 0 spiro atoms. The summed E-state index contributed by atoms with van der Waals surface area (Å²) in [5.41, 5.74) is 1.95. The molecule has 1 N–H and O–H groups in total. The molecular weight excluding hydrogens is 188 g/mol. The molecule has 0 atom stereocenters. The van der Waals surface area contributed by atoms with Gasteiger partial charge in [0.15, 0.2) is 0 Å². The van der Waals surface area contributed by atoms with Crippen LogP contribution in [0.2, 0.25) is 0 Å². The van der Waals surface area contributed by atoms with Crippen LogP contribution in [0, 0.1) is 0 Å². The molecule has 0 unspecified atom stereocenters. The maximum absolute atomic E-state index is 10.5. The standard InChI is InChI=1S/C12H16N2O/c15-10-11-2-4-12(5-3-11)14-8-1-6-13-7-9-14/h2-5,10,13H,1,6-9H2. The maximum Gasteiger partial charge on any atom is 0.150 e. The van der Waals surface area contributed by atoms with E-state index in [0.717, 1.165) is 38.0 Å². The molecule has 1 aliphatic rings. The molecule has 1 saturated heterocycles. The molecular formula is C12H16N2O. The van der Waals surface area contributed by atoms with Crippen LogP contribution in [0.3, 0.4) is 0 Å². The van der Waals surface area contributed by atoms with Gasteiger partial charge in [-0.05, 0) is 37.2 Å². The highest BCUT2D eigenvalue weighted by molar-refractivity contribution is 5.75. The van der Waals surface area contributed by atoms with Gasteiger partial charge < -0.3 is 10.2 Å². The molecule has 0 aromatic heterocycles. The fourth-order valence-electron chi connectivity index (χ4n) is 1.87. The number of aldehydes is 1. The van der Waals surface area contributed by atoms with Crippen LogP contribution in [0.4, 0.5) is 5.69 Å². The van der Waals surface area contributed by atoms with Gasteiger partial charge in [0.25, 0.3) is 0 Å². The van der Waals surface area contributed by atoms with Gasteiger partial charge in [-0.2, -0.15) is 0 Å². The highest BCUT2D eigenvalue weighted by atomic mass is 16.1. The summed E-state index contributed by atoms with van der Waals surface area (Å²) < 4.78 is 0. The Morgan fingerprint density at radius 3 is 2.67 bits per heavy atom. The Labute approximate surface area is 90.1 Å². The summed E-state index contributed by atoms with van der Waals surface area (Å²) in [6.45, 7) is 4.27. The van der Waals surface area contributed by atoms with Crippen LogP contribution >= 0.6 is 0 Å². The zero-order chi connectivity index (χ0) is 10.5. The van der Waals surface area contributed by atoms with Crippen molar-refractivity contribution in [2.24, 2.45) is 0 Å². The van der Waals surface area contributed by atoms with Crippen LogP contribution in [0.15, 0.2) is 24.3 Å². The summed E-state index contributed by atoms with van der Waals surface area (Å²) in [7, 11) is 0. The van der Waals surface area contributed by atoms with E-state index in [9.17, 15) is 4.79 Å². The molecule has 1 aromatic rings. The lowest BCUT2D eigenvalue weighted by atomic mass is 10.2. The Morgan fingerprint density at radius 1 is 1.13 bits per heavy atom. The molecule has 3 nitrogen and oxygen atoms in total. The minimum Gasteiger partial charge on any atom is -0.370 e. The van der Waals surface area contributed by atoms with E-state index in [4.69, 9.17) is 0 Å². The van der Waals surface area contributed by atoms with E-state index in [0.29, 0.717) is 0 Å². The molecule has 1 aliphatic heterocycles. The largest absolute Gasteiger partial charge is 0.370 e. The van der Waals surface area contributed by atoms with Gasteiger partial charge in [-0.3, -0.25) is 4.79 Å². The quantitative estimate of drug-likeness (QED) is 0.737. The van der Waals surface area contributed by atoms with Gasteiger partial charge in [0.05, 0.1) is 0 Å². The third kappa shape index (κ3) is 2.57. The zero-order valence-corrected chi connectivity index (χ0v) is 8.78. The Hall–Kier alpha value is -1.35. The van der Waals surface area contributed by atoms with Crippen molar-refractivity contribution < 1.29 is 4.79 Å². The van der Waals surface area contributed by atoms with E-state index in [2.05, 4.69) is 10.2 Å². The van der Waals surface area contributed by atoms with Crippen molar-refractivity contribution in [3.8, 4) is 0 Å². The molecule has 2 rings (SSSR count). The average Bonchev–Trinajstić information content (AvgIpc) is 2.58. The smallest absolute Gasteiger partial charge is 0.150 e. The van der Waals surface area contributed by atoms with Gasteiger partial charge in [-0.25, -0.2) is 0 Å². The first-order valence-electron chi connectivity index (χ1n) is 5.41. The second-order valence-corrected chi connectivity index (χ2v) is 3.80. The maximum atomic E-state index is 10.5. The fraction of sp³-hybridized carbons (Fsp3) is 0.417. The first-order valence-corrected chi connectivity index (χ1v) is 5.41. The highest BCUT2D eigenvalue weighted by Gasteiger charge is 2.08. The SMILES string of the molecule is O=Cc1ccc(N2CCCNCC2)cc1. The number of carbonyl (C=O) groups excluding carboxylic acids is 1. The number of hydrogen-bond acceptors (Lipinski definition) is 3. The lowest BCUT2D eigenvalue weighted by Crippen LogP contribution is -2.27. The van der Waals surface area contributed by atoms with Gasteiger partial charge in [0.1, 0.15) is 6.29 Å². The van der Waals surface area contributed by atoms with E-state index in [1.165, 1.54) is 12.1 Å². The molecule has 0 radical (unpaired) electrons. The Kier molecular flexibility index (Phi) is 3.35. The van der Waals surface area contributed by atoms with Crippen LogP contribution < -0.4 is 10.2 Å². The monoisotopic (exact) mass is 204 g/mol. The number of nitrogens with one attached hydrogen (secondary N) is 1. The van der Waals surface area contributed by atoms with Crippen LogP contribution in [0.5, 0.6) is 0 Å². The normalized spacial score (nSPS) is 17.2. The van der Waals surface area contributed by atoms with Crippen LogP contribution in [-0.2, 0) is 0 Å². The molecule has 0 amide bonds. The first kappa shape index (κ1) is 10.2. The summed E-state index contributed by atoms with van der Waals surface area (Å²) in [5.74, 6) is 0. The molecule has 0 aliphatic carbocycles. The molecule has 1 heterocycles. The molecule has 0 saturated carbocycles. The second kappa shape index (κ2) is 4.94. The molecule has 1 aromatic carbocycles. The lowest BCUT2D eigenvalue weighted by Gasteiger charge is -2.22. The fourth-order valence-corrected chi connectivity index (χ4v) is 1.87. The molecule has 15 heavy (non-hydrogen) atoms. The second-order valence-electron chi connectivity index (χ2n) is 3.80. The number of anilines is 1. The van der Waals surface area contributed by atoms with Crippen LogP contribution in [0.25, 0.3) is 0 Å². The van der Waals surface area contributed by atoms with Crippen molar-refractivity contribution in [3.05, 3.63) is 29.8 Å². The van der Waals surface area contributed by atoms with Gasteiger partial charge >= 0.3 is 0 Å². The van der Waals surface area contributed by atoms with Crippen molar-refractivity contribution in [1.29, 1.82) is 0 Å². The van der Waals surface area contributed by atoms with Crippen molar-refractivity contribution in [2.45, 2.75) is 6.42 Å². The van der Waals surface area contributed by atoms with E-state index >= 15 is 0 Å². The van der Waals surface area contributed by atoms with E-state index in [1.807, 2.05) is 24.3 Å². The van der Waals surface area contributed by atoms with Crippen LogP contribution in [-0.4, -0.2) is 32.5 Å². The van der Waals surface area contributed by atoms with Crippen molar-refractivity contribution >= 4 is 12.0 Å². The number of hydrogen-bond donors (Lipinski definition) is 1. The first-order chi connectivity index (χ1) is 7.40. The topological polar surface area (TPSA) is 32.3 Å². The van der Waals surface area contributed by atoms with Gasteiger partial charge in [0, 0.05) is 30.9 Å². The predicted molar refractivity (Wildman–Crippen MR) is 61.5 cm³/mol. The number of nitrogens with zero attached hydrogens (tertiary/aromatic N) is 1. The van der Waals surface area contributed by atoms with Crippen LogP contribution in [0.1, 0.15) is 16.8 Å². The summed E-state index contributed by atoms with van der Waals surface area (Å²) in [6.07, 6.45) is 2.06. The third-order valence-electron chi connectivity index (χ3n) is 2.73.